The average molecular weight is 354 g/mol. The van der Waals surface area contributed by atoms with Crippen molar-refractivity contribution in [3.05, 3.63) is 64.7 Å². The Balaban J connectivity index is 1.42. The normalized spacial score (nSPS) is 21.3. The first-order valence-corrected chi connectivity index (χ1v) is 9.55. The first kappa shape index (κ1) is 17.5. The molecule has 138 valence electrons. The molecule has 4 heteroatoms. The number of rotatable bonds is 6. The number of hydrogen-bond acceptors (Lipinski definition) is 3. The summed E-state index contributed by atoms with van der Waals surface area (Å²) in [6.45, 7) is 4.69. The summed E-state index contributed by atoms with van der Waals surface area (Å²) >= 11 is 0. The molecule has 26 heavy (non-hydrogen) atoms. The van der Waals surface area contributed by atoms with Gasteiger partial charge in [0.15, 0.2) is 0 Å². The highest BCUT2D eigenvalue weighted by atomic mass is 19.1. The molecule has 2 aromatic carbocycles. The predicted octanol–water partition coefficient (Wildman–Crippen LogP) is 4.52. The zero-order valence-electron chi connectivity index (χ0n) is 15.3. The van der Waals surface area contributed by atoms with Gasteiger partial charge in [0.1, 0.15) is 11.9 Å². The topological polar surface area (TPSA) is 38.5 Å². The lowest BCUT2D eigenvalue weighted by atomic mass is 9.97. The van der Waals surface area contributed by atoms with Crippen LogP contribution >= 0.6 is 0 Å². The van der Waals surface area contributed by atoms with Gasteiger partial charge >= 0.3 is 0 Å². The second-order valence-corrected chi connectivity index (χ2v) is 7.78. The second kappa shape index (κ2) is 7.37. The smallest absolute Gasteiger partial charge is 0.138 e. The number of alkyl halides is 1. The molecule has 0 saturated heterocycles. The molecule has 0 radical (unpaired) electrons. The first-order valence-electron chi connectivity index (χ1n) is 9.55. The van der Waals surface area contributed by atoms with Gasteiger partial charge in [0.2, 0.25) is 0 Å². The third kappa shape index (κ3) is 4.08. The van der Waals surface area contributed by atoms with Crippen LogP contribution in [-0.2, 0) is 13.1 Å². The first-order chi connectivity index (χ1) is 12.6. The van der Waals surface area contributed by atoms with Gasteiger partial charge in [-0.15, -0.1) is 0 Å². The Morgan fingerprint density at radius 2 is 1.96 bits per heavy atom. The van der Waals surface area contributed by atoms with E-state index in [1.165, 1.54) is 18.4 Å². The molecule has 0 aromatic heterocycles. The third-order valence-electron chi connectivity index (χ3n) is 5.36. The van der Waals surface area contributed by atoms with Gasteiger partial charge in [-0.25, -0.2) is 4.39 Å². The standard InChI is InChI=1S/C22H27FN2O/c1-15(24)18-6-4-16(5-7-18)11-25-12-19-8-9-20(26-14-17-2-3-17)10-21(19)22(23)13-25/h4-10,15,17,22H,2-3,11-14,24H2,1H3/t15-,22?/m0/s1. The number of fused-ring (bicyclic) bond motifs is 1. The summed E-state index contributed by atoms with van der Waals surface area (Å²) in [7, 11) is 0. The molecule has 0 spiro atoms. The van der Waals surface area contributed by atoms with E-state index in [1.54, 1.807) is 0 Å². The van der Waals surface area contributed by atoms with Crippen LogP contribution in [-0.4, -0.2) is 18.1 Å². The van der Waals surface area contributed by atoms with Gasteiger partial charge in [0.05, 0.1) is 6.61 Å². The molecule has 2 aliphatic rings. The molecule has 0 amide bonds. The summed E-state index contributed by atoms with van der Waals surface area (Å²) in [6, 6.07) is 14.3. The van der Waals surface area contributed by atoms with Crippen LogP contribution < -0.4 is 10.5 Å². The maximum atomic E-state index is 14.8. The molecule has 1 aliphatic heterocycles. The Hall–Kier alpha value is -1.91. The Kier molecular flexibility index (Phi) is 4.96. The van der Waals surface area contributed by atoms with Gasteiger partial charge in [-0.1, -0.05) is 30.3 Å². The van der Waals surface area contributed by atoms with Crippen LogP contribution in [0.15, 0.2) is 42.5 Å². The maximum absolute atomic E-state index is 14.8. The van der Waals surface area contributed by atoms with E-state index in [1.807, 2.05) is 25.1 Å². The van der Waals surface area contributed by atoms with Crippen LogP contribution in [0.4, 0.5) is 4.39 Å². The number of nitrogens with zero attached hydrogens (tertiary/aromatic N) is 1. The van der Waals surface area contributed by atoms with E-state index in [4.69, 9.17) is 10.5 Å². The van der Waals surface area contributed by atoms with Gasteiger partial charge in [0.25, 0.3) is 0 Å². The van der Waals surface area contributed by atoms with Crippen molar-refractivity contribution in [1.29, 1.82) is 0 Å². The van der Waals surface area contributed by atoms with E-state index in [0.717, 1.165) is 42.1 Å². The highest BCUT2D eigenvalue weighted by molar-refractivity contribution is 5.39. The lowest BCUT2D eigenvalue weighted by Crippen LogP contribution is -2.31. The Morgan fingerprint density at radius 3 is 2.65 bits per heavy atom. The second-order valence-electron chi connectivity index (χ2n) is 7.78. The third-order valence-corrected chi connectivity index (χ3v) is 5.36. The minimum Gasteiger partial charge on any atom is -0.493 e. The minimum absolute atomic E-state index is 0.0393. The summed E-state index contributed by atoms with van der Waals surface area (Å²) in [5.74, 6) is 1.51. The highest BCUT2D eigenvalue weighted by Crippen LogP contribution is 2.34. The van der Waals surface area contributed by atoms with E-state index < -0.39 is 6.17 Å². The maximum Gasteiger partial charge on any atom is 0.138 e. The number of benzene rings is 2. The molecule has 2 aromatic rings. The molecule has 1 fully saturated rings. The molecule has 0 bridgehead atoms. The van der Waals surface area contributed by atoms with Gasteiger partial charge in [-0.2, -0.15) is 0 Å². The van der Waals surface area contributed by atoms with Crippen molar-refractivity contribution in [3.63, 3.8) is 0 Å². The van der Waals surface area contributed by atoms with Crippen LogP contribution in [0.25, 0.3) is 0 Å². The Morgan fingerprint density at radius 1 is 1.19 bits per heavy atom. The summed E-state index contributed by atoms with van der Waals surface area (Å²) in [6.07, 6.45) is 1.56. The van der Waals surface area contributed by atoms with Crippen molar-refractivity contribution in [2.45, 2.75) is 45.1 Å². The lowest BCUT2D eigenvalue weighted by Gasteiger charge is -2.31. The molecule has 2 N–H and O–H groups in total. The summed E-state index contributed by atoms with van der Waals surface area (Å²) < 4.78 is 20.6. The van der Waals surface area contributed by atoms with E-state index in [-0.39, 0.29) is 6.04 Å². The molecule has 1 unspecified atom stereocenters. The van der Waals surface area contributed by atoms with Crippen molar-refractivity contribution in [2.75, 3.05) is 13.2 Å². The van der Waals surface area contributed by atoms with Crippen molar-refractivity contribution >= 4 is 0 Å². The fourth-order valence-electron chi connectivity index (χ4n) is 3.53. The molecular formula is C22H27FN2O. The number of nitrogens with two attached hydrogens (primary N) is 1. The van der Waals surface area contributed by atoms with Gasteiger partial charge in [0, 0.05) is 25.7 Å². The molecule has 3 nitrogen and oxygen atoms in total. The fourth-order valence-corrected chi connectivity index (χ4v) is 3.53. The van der Waals surface area contributed by atoms with Crippen LogP contribution in [0, 0.1) is 5.92 Å². The SMILES string of the molecule is C[C@H](N)c1ccc(CN2Cc3ccc(OCC4CC4)cc3C(F)C2)cc1. The summed E-state index contributed by atoms with van der Waals surface area (Å²) in [5.41, 5.74) is 10.1. The molecule has 2 atom stereocenters. The largest absolute Gasteiger partial charge is 0.493 e. The lowest BCUT2D eigenvalue weighted by molar-refractivity contribution is 0.158. The minimum atomic E-state index is -0.966. The molecule has 4 rings (SSSR count). The van der Waals surface area contributed by atoms with Gasteiger partial charge < -0.3 is 10.5 Å². The zero-order valence-corrected chi connectivity index (χ0v) is 15.3. The molecule has 1 aliphatic carbocycles. The average Bonchev–Trinajstić information content (AvgIpc) is 3.45. The molecular weight excluding hydrogens is 327 g/mol. The van der Waals surface area contributed by atoms with Gasteiger partial charge in [-0.05, 0) is 60.1 Å². The van der Waals surface area contributed by atoms with E-state index in [9.17, 15) is 4.39 Å². The van der Waals surface area contributed by atoms with E-state index >= 15 is 0 Å². The van der Waals surface area contributed by atoms with Crippen LogP contribution in [0.3, 0.4) is 0 Å². The quantitative estimate of drug-likeness (QED) is 0.829. The molecule has 1 heterocycles. The number of ether oxygens (including phenoxy) is 1. The van der Waals surface area contributed by atoms with E-state index in [0.29, 0.717) is 12.5 Å². The molecule has 1 saturated carbocycles. The van der Waals surface area contributed by atoms with Crippen LogP contribution in [0.1, 0.15) is 54.2 Å². The number of halogens is 1. The van der Waals surface area contributed by atoms with Crippen molar-refractivity contribution in [1.82, 2.24) is 4.90 Å². The summed E-state index contributed by atoms with van der Waals surface area (Å²) in [4.78, 5) is 2.17. The number of hydrogen-bond donors (Lipinski definition) is 1. The van der Waals surface area contributed by atoms with E-state index in [2.05, 4.69) is 29.2 Å². The van der Waals surface area contributed by atoms with Crippen LogP contribution in [0.2, 0.25) is 0 Å². The van der Waals surface area contributed by atoms with Gasteiger partial charge in [-0.3, -0.25) is 4.90 Å². The highest BCUT2D eigenvalue weighted by Gasteiger charge is 2.26. The van der Waals surface area contributed by atoms with Crippen molar-refractivity contribution in [3.8, 4) is 5.75 Å². The zero-order chi connectivity index (χ0) is 18.1. The van der Waals surface area contributed by atoms with Crippen molar-refractivity contribution in [2.24, 2.45) is 11.7 Å². The van der Waals surface area contributed by atoms with Crippen LogP contribution in [0.5, 0.6) is 5.75 Å². The Bertz CT molecular complexity index is 755. The van der Waals surface area contributed by atoms with Crippen molar-refractivity contribution < 1.29 is 9.13 Å². The predicted molar refractivity (Wildman–Crippen MR) is 102 cm³/mol. The monoisotopic (exact) mass is 354 g/mol. The Labute approximate surface area is 155 Å². The summed E-state index contributed by atoms with van der Waals surface area (Å²) in [5, 5.41) is 0. The fraction of sp³-hybridized carbons (Fsp3) is 0.455.